The molecule has 166 valence electrons. The first-order chi connectivity index (χ1) is 15.0. The molecule has 0 saturated carbocycles. The molecule has 4 rings (SSSR count). The average Bonchev–Trinajstić information content (AvgIpc) is 3.04. The van der Waals surface area contributed by atoms with Gasteiger partial charge in [0, 0.05) is 25.5 Å². The molecule has 0 bridgehead atoms. The first-order valence-corrected chi connectivity index (χ1v) is 11.0. The van der Waals surface area contributed by atoms with E-state index in [0.717, 1.165) is 38.0 Å². The lowest BCUT2D eigenvalue weighted by Crippen LogP contribution is -2.50. The third kappa shape index (κ3) is 3.90. The summed E-state index contributed by atoms with van der Waals surface area (Å²) >= 11 is 0. The van der Waals surface area contributed by atoms with Gasteiger partial charge in [0.2, 0.25) is 5.91 Å². The van der Waals surface area contributed by atoms with Gasteiger partial charge < -0.3 is 19.9 Å². The minimum absolute atomic E-state index is 0.0515. The number of hydrogen-bond acceptors (Lipinski definition) is 5. The maximum absolute atomic E-state index is 12.2. The molecule has 2 aromatic carbocycles. The molecule has 2 aliphatic rings. The van der Waals surface area contributed by atoms with E-state index in [1.165, 1.54) is 11.1 Å². The fourth-order valence-corrected chi connectivity index (χ4v) is 5.40. The lowest BCUT2D eigenvalue weighted by atomic mass is 9.72. The molecule has 1 spiro atoms. The predicted octanol–water partition coefficient (Wildman–Crippen LogP) is 3.53. The minimum atomic E-state index is -0.112. The maximum Gasteiger partial charge on any atom is 0.220 e. The summed E-state index contributed by atoms with van der Waals surface area (Å²) in [6.45, 7) is 4.51. The molecular weight excluding hydrogens is 392 g/mol. The van der Waals surface area contributed by atoms with Gasteiger partial charge in [0.15, 0.2) is 11.5 Å². The number of hydrogen-bond donors (Lipinski definition) is 2. The maximum atomic E-state index is 12.2. The van der Waals surface area contributed by atoms with Crippen LogP contribution in [0.15, 0.2) is 42.5 Å². The number of rotatable bonds is 6. The average molecular weight is 425 g/mol. The highest BCUT2D eigenvalue weighted by Gasteiger charge is 2.53. The zero-order valence-electron chi connectivity index (χ0n) is 18.6. The molecule has 6 nitrogen and oxygen atoms in total. The third-order valence-corrected chi connectivity index (χ3v) is 6.97. The van der Waals surface area contributed by atoms with Crippen LogP contribution in [0.1, 0.15) is 48.9 Å². The number of phenols is 1. The third-order valence-electron chi connectivity index (χ3n) is 6.97. The van der Waals surface area contributed by atoms with Crippen LogP contribution in [-0.4, -0.2) is 49.3 Å². The summed E-state index contributed by atoms with van der Waals surface area (Å²) in [5.74, 6) is 0.717. The summed E-state index contributed by atoms with van der Waals surface area (Å²) in [6.07, 6.45) is 2.31. The van der Waals surface area contributed by atoms with Gasteiger partial charge in [-0.1, -0.05) is 37.3 Å². The SMILES string of the molecule is CCC(=O)N[C@@H]1c2ccccc2C2(CCN(Cc3ccc(OC)c(O)c3)CC2)[C@H]1OC. The Labute approximate surface area is 184 Å². The Morgan fingerprint density at radius 3 is 2.58 bits per heavy atom. The second-order valence-corrected chi connectivity index (χ2v) is 8.58. The van der Waals surface area contributed by atoms with E-state index in [-0.39, 0.29) is 29.2 Å². The topological polar surface area (TPSA) is 71.0 Å². The van der Waals surface area contributed by atoms with E-state index in [1.54, 1.807) is 20.3 Å². The molecule has 1 fully saturated rings. The van der Waals surface area contributed by atoms with Crippen molar-refractivity contribution in [2.75, 3.05) is 27.3 Å². The Morgan fingerprint density at radius 1 is 1.19 bits per heavy atom. The number of amides is 1. The fraction of sp³-hybridized carbons (Fsp3) is 0.480. The molecule has 2 atom stereocenters. The summed E-state index contributed by atoms with van der Waals surface area (Å²) in [5.41, 5.74) is 3.46. The number of methoxy groups -OCH3 is 2. The Hall–Kier alpha value is -2.57. The number of piperidine rings is 1. The van der Waals surface area contributed by atoms with Crippen molar-refractivity contribution in [3.05, 3.63) is 59.2 Å². The van der Waals surface area contributed by atoms with Crippen molar-refractivity contribution in [2.45, 2.75) is 50.3 Å². The Bertz CT molecular complexity index is 937. The van der Waals surface area contributed by atoms with Crippen LogP contribution in [0, 0.1) is 0 Å². The van der Waals surface area contributed by atoms with Crippen molar-refractivity contribution >= 4 is 5.91 Å². The zero-order chi connectivity index (χ0) is 22.0. The number of carbonyl (C=O) groups excluding carboxylic acids is 1. The van der Waals surface area contributed by atoms with Crippen molar-refractivity contribution in [1.82, 2.24) is 10.2 Å². The zero-order valence-corrected chi connectivity index (χ0v) is 18.6. The van der Waals surface area contributed by atoms with Crippen LogP contribution in [0.4, 0.5) is 0 Å². The Balaban J connectivity index is 1.53. The normalized spacial score (nSPS) is 22.3. The van der Waals surface area contributed by atoms with Crippen molar-refractivity contribution in [1.29, 1.82) is 0 Å². The summed E-state index contributed by atoms with van der Waals surface area (Å²) in [6, 6.07) is 13.9. The summed E-state index contributed by atoms with van der Waals surface area (Å²) in [5, 5.41) is 13.3. The molecule has 6 heteroatoms. The molecule has 0 unspecified atom stereocenters. The van der Waals surface area contributed by atoms with Crippen LogP contribution in [0.5, 0.6) is 11.5 Å². The number of ether oxygens (including phenoxy) is 2. The second kappa shape index (κ2) is 8.89. The van der Waals surface area contributed by atoms with Crippen molar-refractivity contribution in [2.24, 2.45) is 0 Å². The monoisotopic (exact) mass is 424 g/mol. The predicted molar refractivity (Wildman–Crippen MR) is 119 cm³/mol. The van der Waals surface area contributed by atoms with E-state index in [1.807, 2.05) is 25.1 Å². The molecule has 1 amide bonds. The summed E-state index contributed by atoms with van der Waals surface area (Å²) in [4.78, 5) is 14.7. The van der Waals surface area contributed by atoms with E-state index in [2.05, 4.69) is 28.4 Å². The molecule has 0 aromatic heterocycles. The number of carbonyl (C=O) groups is 1. The fourth-order valence-electron chi connectivity index (χ4n) is 5.40. The highest BCUT2D eigenvalue weighted by atomic mass is 16.5. The van der Waals surface area contributed by atoms with Crippen molar-refractivity contribution in [3.63, 3.8) is 0 Å². The van der Waals surface area contributed by atoms with E-state index >= 15 is 0 Å². The van der Waals surface area contributed by atoms with Gasteiger partial charge in [-0.25, -0.2) is 0 Å². The number of nitrogens with one attached hydrogen (secondary N) is 1. The molecule has 1 aliphatic heterocycles. The van der Waals surface area contributed by atoms with Gasteiger partial charge in [0.05, 0.1) is 19.3 Å². The van der Waals surface area contributed by atoms with Gasteiger partial charge in [0.25, 0.3) is 0 Å². The second-order valence-electron chi connectivity index (χ2n) is 8.58. The van der Waals surface area contributed by atoms with Crippen LogP contribution in [0.3, 0.4) is 0 Å². The number of nitrogens with zero attached hydrogens (tertiary/aromatic N) is 1. The highest BCUT2D eigenvalue weighted by Crippen LogP contribution is 2.52. The molecule has 0 radical (unpaired) electrons. The van der Waals surface area contributed by atoms with Gasteiger partial charge in [-0.3, -0.25) is 9.69 Å². The number of benzene rings is 2. The molecular formula is C25H32N2O4. The van der Waals surface area contributed by atoms with E-state index in [9.17, 15) is 9.90 Å². The van der Waals surface area contributed by atoms with Gasteiger partial charge in [0.1, 0.15) is 0 Å². The molecule has 2 aromatic rings. The summed E-state index contributed by atoms with van der Waals surface area (Å²) < 4.78 is 11.2. The van der Waals surface area contributed by atoms with Crippen molar-refractivity contribution in [3.8, 4) is 11.5 Å². The lowest BCUT2D eigenvalue weighted by Gasteiger charge is -2.44. The highest BCUT2D eigenvalue weighted by molar-refractivity contribution is 5.76. The standard InChI is InChI=1S/C25H32N2O4/c1-4-22(29)26-23-18-7-5-6-8-19(18)25(24(23)31-3)11-13-27(14-12-25)16-17-9-10-21(30-2)20(28)15-17/h5-10,15,23-24,28H,4,11-14,16H2,1-3H3,(H,26,29)/t23-,24+/m1/s1. The molecule has 31 heavy (non-hydrogen) atoms. The molecule has 1 heterocycles. The lowest BCUT2D eigenvalue weighted by molar-refractivity contribution is -0.123. The molecule has 1 aliphatic carbocycles. The number of likely N-dealkylation sites (tertiary alicyclic amines) is 1. The number of phenolic OH excluding ortho intramolecular Hbond substituents is 1. The van der Waals surface area contributed by atoms with Crippen LogP contribution in [-0.2, 0) is 21.5 Å². The van der Waals surface area contributed by atoms with Crippen LogP contribution >= 0.6 is 0 Å². The van der Waals surface area contributed by atoms with Crippen molar-refractivity contribution < 1.29 is 19.4 Å². The van der Waals surface area contributed by atoms with Gasteiger partial charge in [-0.15, -0.1) is 0 Å². The molecule has 2 N–H and O–H groups in total. The van der Waals surface area contributed by atoms with Crippen LogP contribution in [0.2, 0.25) is 0 Å². The Kier molecular flexibility index (Phi) is 6.21. The van der Waals surface area contributed by atoms with Gasteiger partial charge in [-0.2, -0.15) is 0 Å². The number of fused-ring (bicyclic) bond motifs is 2. The smallest absolute Gasteiger partial charge is 0.220 e. The van der Waals surface area contributed by atoms with Crippen LogP contribution < -0.4 is 10.1 Å². The minimum Gasteiger partial charge on any atom is -0.504 e. The quantitative estimate of drug-likeness (QED) is 0.742. The Morgan fingerprint density at radius 2 is 1.94 bits per heavy atom. The van der Waals surface area contributed by atoms with Crippen LogP contribution in [0.25, 0.3) is 0 Å². The van der Waals surface area contributed by atoms with E-state index in [4.69, 9.17) is 9.47 Å². The van der Waals surface area contributed by atoms with Gasteiger partial charge >= 0.3 is 0 Å². The molecule has 1 saturated heterocycles. The first-order valence-electron chi connectivity index (χ1n) is 11.0. The number of aromatic hydroxyl groups is 1. The van der Waals surface area contributed by atoms with E-state index < -0.39 is 0 Å². The largest absolute Gasteiger partial charge is 0.504 e. The first kappa shape index (κ1) is 21.7. The van der Waals surface area contributed by atoms with Gasteiger partial charge in [-0.05, 0) is 54.8 Å². The van der Waals surface area contributed by atoms with E-state index in [0.29, 0.717) is 12.2 Å². The summed E-state index contributed by atoms with van der Waals surface area (Å²) in [7, 11) is 3.32.